The van der Waals surface area contributed by atoms with E-state index in [0.717, 1.165) is 24.8 Å². The summed E-state index contributed by atoms with van der Waals surface area (Å²) in [7, 11) is 0. The number of anilines is 1. The van der Waals surface area contributed by atoms with Crippen LogP contribution in [0.5, 0.6) is 0 Å². The number of carbonyl (C=O) groups is 1. The average Bonchev–Trinajstić information content (AvgIpc) is 2.82. The Labute approximate surface area is 111 Å². The second-order valence-electron chi connectivity index (χ2n) is 4.79. The number of hydrogen-bond donors (Lipinski definition) is 2. The number of rotatable bonds is 2. The predicted octanol–water partition coefficient (Wildman–Crippen LogP) is 1.75. The molecule has 0 radical (unpaired) electrons. The minimum atomic E-state index is -0.0999. The summed E-state index contributed by atoms with van der Waals surface area (Å²) < 4.78 is 1.65. The third-order valence-corrected chi connectivity index (χ3v) is 3.36. The van der Waals surface area contributed by atoms with Gasteiger partial charge >= 0.3 is 0 Å². The van der Waals surface area contributed by atoms with Crippen molar-refractivity contribution in [3.05, 3.63) is 42.2 Å². The SMILES string of the molecule is Nc1ccn2ncc(C(=O)NC3C=CCCC3)c2c1. The Morgan fingerprint density at radius 2 is 2.42 bits per heavy atom. The molecule has 0 aliphatic heterocycles. The van der Waals surface area contributed by atoms with Gasteiger partial charge in [-0.1, -0.05) is 12.2 Å². The Kier molecular flexibility index (Phi) is 2.95. The number of nitrogens with zero attached hydrogens (tertiary/aromatic N) is 2. The van der Waals surface area contributed by atoms with Gasteiger partial charge in [0.1, 0.15) is 0 Å². The summed E-state index contributed by atoms with van der Waals surface area (Å²) in [5.41, 5.74) is 7.67. The Balaban J connectivity index is 1.86. The van der Waals surface area contributed by atoms with Gasteiger partial charge in [-0.2, -0.15) is 5.10 Å². The highest BCUT2D eigenvalue weighted by molar-refractivity contribution is 6.01. The fourth-order valence-corrected chi connectivity index (χ4v) is 2.35. The van der Waals surface area contributed by atoms with Crippen LogP contribution in [-0.2, 0) is 0 Å². The maximum absolute atomic E-state index is 12.3. The molecule has 2 aromatic heterocycles. The molecule has 1 aliphatic rings. The molecule has 0 saturated carbocycles. The van der Waals surface area contributed by atoms with Crippen LogP contribution in [-0.4, -0.2) is 21.6 Å². The normalized spacial score (nSPS) is 18.6. The lowest BCUT2D eigenvalue weighted by atomic mass is 10.0. The second kappa shape index (κ2) is 4.76. The number of amides is 1. The largest absolute Gasteiger partial charge is 0.399 e. The fourth-order valence-electron chi connectivity index (χ4n) is 2.35. The first-order valence-electron chi connectivity index (χ1n) is 6.44. The lowest BCUT2D eigenvalue weighted by Crippen LogP contribution is -2.34. The molecule has 3 rings (SSSR count). The molecular weight excluding hydrogens is 240 g/mol. The molecule has 0 spiro atoms. The summed E-state index contributed by atoms with van der Waals surface area (Å²) in [6.45, 7) is 0. The maximum atomic E-state index is 12.3. The first-order chi connectivity index (χ1) is 9.24. The molecule has 1 amide bonds. The van der Waals surface area contributed by atoms with E-state index in [-0.39, 0.29) is 11.9 Å². The number of nitrogens with one attached hydrogen (secondary N) is 1. The van der Waals surface area contributed by atoms with E-state index in [1.165, 1.54) is 0 Å². The zero-order valence-corrected chi connectivity index (χ0v) is 10.5. The van der Waals surface area contributed by atoms with Crippen molar-refractivity contribution in [1.82, 2.24) is 14.9 Å². The van der Waals surface area contributed by atoms with E-state index in [4.69, 9.17) is 5.73 Å². The lowest BCUT2D eigenvalue weighted by molar-refractivity contribution is 0.0943. The van der Waals surface area contributed by atoms with E-state index in [1.54, 1.807) is 29.0 Å². The Bertz CT molecular complexity index is 644. The number of fused-ring (bicyclic) bond motifs is 1. The Morgan fingerprint density at radius 3 is 3.21 bits per heavy atom. The van der Waals surface area contributed by atoms with Gasteiger partial charge in [0, 0.05) is 17.9 Å². The van der Waals surface area contributed by atoms with Gasteiger partial charge in [-0.15, -0.1) is 0 Å². The minimum absolute atomic E-state index is 0.0999. The van der Waals surface area contributed by atoms with E-state index >= 15 is 0 Å². The van der Waals surface area contributed by atoms with E-state index in [9.17, 15) is 4.79 Å². The molecule has 1 unspecified atom stereocenters. The molecule has 0 aromatic carbocycles. The molecule has 2 heterocycles. The quantitative estimate of drug-likeness (QED) is 0.804. The van der Waals surface area contributed by atoms with Crippen molar-refractivity contribution in [2.24, 2.45) is 0 Å². The molecule has 0 fully saturated rings. The Morgan fingerprint density at radius 1 is 1.53 bits per heavy atom. The highest BCUT2D eigenvalue weighted by Crippen LogP contribution is 2.15. The van der Waals surface area contributed by atoms with Crippen LogP contribution in [0.25, 0.3) is 5.52 Å². The molecule has 19 heavy (non-hydrogen) atoms. The van der Waals surface area contributed by atoms with E-state index < -0.39 is 0 Å². The number of nitrogens with two attached hydrogens (primary N) is 1. The van der Waals surface area contributed by atoms with Crippen LogP contribution in [0.4, 0.5) is 5.69 Å². The zero-order chi connectivity index (χ0) is 13.2. The molecule has 0 bridgehead atoms. The van der Waals surface area contributed by atoms with Crippen LogP contribution < -0.4 is 11.1 Å². The molecule has 0 saturated heterocycles. The highest BCUT2D eigenvalue weighted by Gasteiger charge is 2.16. The smallest absolute Gasteiger partial charge is 0.255 e. The molecule has 5 nitrogen and oxygen atoms in total. The van der Waals surface area contributed by atoms with Crippen LogP contribution in [0.15, 0.2) is 36.7 Å². The van der Waals surface area contributed by atoms with Crippen LogP contribution in [0.2, 0.25) is 0 Å². The molecule has 2 aromatic rings. The molecule has 98 valence electrons. The van der Waals surface area contributed by atoms with Crippen LogP contribution in [0.1, 0.15) is 29.6 Å². The fraction of sp³-hybridized carbons (Fsp3) is 0.286. The number of pyridine rings is 1. The number of aromatic nitrogens is 2. The van der Waals surface area contributed by atoms with E-state index in [1.807, 2.05) is 0 Å². The third-order valence-electron chi connectivity index (χ3n) is 3.36. The zero-order valence-electron chi connectivity index (χ0n) is 10.5. The molecule has 5 heteroatoms. The van der Waals surface area contributed by atoms with Gasteiger partial charge in [0.25, 0.3) is 5.91 Å². The van der Waals surface area contributed by atoms with Gasteiger partial charge in [-0.3, -0.25) is 4.79 Å². The molecular formula is C14H16N4O. The van der Waals surface area contributed by atoms with E-state index in [0.29, 0.717) is 11.3 Å². The minimum Gasteiger partial charge on any atom is -0.399 e. The van der Waals surface area contributed by atoms with Crippen molar-refractivity contribution in [3.8, 4) is 0 Å². The van der Waals surface area contributed by atoms with Gasteiger partial charge in [0.05, 0.1) is 17.3 Å². The highest BCUT2D eigenvalue weighted by atomic mass is 16.1. The number of carbonyl (C=O) groups excluding carboxylic acids is 1. The van der Waals surface area contributed by atoms with Crippen molar-refractivity contribution in [3.63, 3.8) is 0 Å². The van der Waals surface area contributed by atoms with Gasteiger partial charge in [-0.25, -0.2) is 4.52 Å². The molecule has 1 atom stereocenters. The Hall–Kier alpha value is -2.30. The van der Waals surface area contributed by atoms with Crippen molar-refractivity contribution < 1.29 is 4.79 Å². The standard InChI is InChI=1S/C14H16N4O/c15-10-6-7-18-13(8-10)12(9-16-18)14(19)17-11-4-2-1-3-5-11/h2,4,6-9,11H,1,3,5,15H2,(H,17,19). The summed E-state index contributed by atoms with van der Waals surface area (Å²) in [6.07, 6.45) is 10.7. The summed E-state index contributed by atoms with van der Waals surface area (Å²) in [4.78, 5) is 12.3. The summed E-state index contributed by atoms with van der Waals surface area (Å²) in [5.74, 6) is -0.0999. The van der Waals surface area contributed by atoms with Crippen molar-refractivity contribution in [1.29, 1.82) is 0 Å². The van der Waals surface area contributed by atoms with Crippen molar-refractivity contribution in [2.75, 3.05) is 5.73 Å². The van der Waals surface area contributed by atoms with E-state index in [2.05, 4.69) is 22.6 Å². The predicted molar refractivity (Wildman–Crippen MR) is 73.8 cm³/mol. The van der Waals surface area contributed by atoms with Crippen LogP contribution >= 0.6 is 0 Å². The first-order valence-corrected chi connectivity index (χ1v) is 6.44. The topological polar surface area (TPSA) is 72.4 Å². The number of allylic oxidation sites excluding steroid dienone is 1. The number of nitrogen functional groups attached to an aromatic ring is 1. The summed E-state index contributed by atoms with van der Waals surface area (Å²) in [6, 6.07) is 3.64. The van der Waals surface area contributed by atoms with Crippen LogP contribution in [0.3, 0.4) is 0 Å². The number of hydrogen-bond acceptors (Lipinski definition) is 3. The van der Waals surface area contributed by atoms with Gasteiger partial charge in [0.2, 0.25) is 0 Å². The molecule has 3 N–H and O–H groups in total. The monoisotopic (exact) mass is 256 g/mol. The summed E-state index contributed by atoms with van der Waals surface area (Å²) >= 11 is 0. The van der Waals surface area contributed by atoms with Gasteiger partial charge in [0.15, 0.2) is 0 Å². The lowest BCUT2D eigenvalue weighted by Gasteiger charge is -2.17. The summed E-state index contributed by atoms with van der Waals surface area (Å²) in [5, 5.41) is 7.17. The average molecular weight is 256 g/mol. The van der Waals surface area contributed by atoms with Crippen molar-refractivity contribution in [2.45, 2.75) is 25.3 Å². The van der Waals surface area contributed by atoms with Gasteiger partial charge < -0.3 is 11.1 Å². The van der Waals surface area contributed by atoms with Gasteiger partial charge in [-0.05, 0) is 31.4 Å². The van der Waals surface area contributed by atoms with Crippen molar-refractivity contribution >= 4 is 17.1 Å². The van der Waals surface area contributed by atoms with Crippen LogP contribution in [0, 0.1) is 0 Å². The first kappa shape index (κ1) is 11.8. The third kappa shape index (κ3) is 2.31. The second-order valence-corrected chi connectivity index (χ2v) is 4.79. The maximum Gasteiger partial charge on any atom is 0.255 e. The molecule has 1 aliphatic carbocycles.